The number of ketones is 1. The maximum atomic E-state index is 12.2. The number of carbonyl (C=O) groups is 2. The summed E-state index contributed by atoms with van der Waals surface area (Å²) in [5.41, 5.74) is 0.511. The van der Waals surface area contributed by atoms with Crippen LogP contribution in [-0.2, 0) is 4.79 Å². The molecule has 6 nitrogen and oxygen atoms in total. The number of benzene rings is 1. The van der Waals surface area contributed by atoms with Crippen LogP contribution in [0.2, 0.25) is 0 Å². The molecule has 116 valence electrons. The minimum Gasteiger partial charge on any atom is -0.486 e. The molecule has 0 N–H and O–H groups in total. The quantitative estimate of drug-likeness (QED) is 0.748. The maximum absolute atomic E-state index is 12.2. The maximum Gasteiger partial charge on any atom is 0.222 e. The molecule has 1 aliphatic rings. The molecule has 0 fully saturated rings. The van der Waals surface area contributed by atoms with Crippen molar-refractivity contribution in [1.82, 2.24) is 4.90 Å². The Morgan fingerprint density at radius 1 is 1.23 bits per heavy atom. The van der Waals surface area contributed by atoms with Crippen LogP contribution in [0.3, 0.4) is 0 Å². The minimum absolute atomic E-state index is 0.112. The Hall–Kier alpha value is -2.55. The largest absolute Gasteiger partial charge is 0.486 e. The molecule has 1 heterocycles. The van der Waals surface area contributed by atoms with Crippen molar-refractivity contribution in [3.8, 4) is 17.6 Å². The van der Waals surface area contributed by atoms with E-state index in [1.807, 2.05) is 6.07 Å². The lowest BCUT2D eigenvalue weighted by Gasteiger charge is -2.18. The van der Waals surface area contributed by atoms with Crippen LogP contribution in [0.25, 0.3) is 0 Å². The van der Waals surface area contributed by atoms with Crippen LogP contribution in [0.15, 0.2) is 18.2 Å². The van der Waals surface area contributed by atoms with Gasteiger partial charge in [0.15, 0.2) is 17.3 Å². The van der Waals surface area contributed by atoms with Gasteiger partial charge in [-0.1, -0.05) is 0 Å². The number of hydrogen-bond donors (Lipinski definition) is 0. The standard InChI is InChI=1S/C16H18N2O4/c1-18(8-2-7-17)16(20)6-4-13(19)12-3-5-14-15(11-12)22-10-9-21-14/h3,5,11H,2,4,6,8-10H2,1H3. The van der Waals surface area contributed by atoms with Crippen LogP contribution in [0.1, 0.15) is 29.6 Å². The van der Waals surface area contributed by atoms with Crippen molar-refractivity contribution in [2.24, 2.45) is 0 Å². The molecule has 0 bridgehead atoms. The van der Waals surface area contributed by atoms with Gasteiger partial charge in [-0.05, 0) is 18.2 Å². The zero-order valence-corrected chi connectivity index (χ0v) is 12.5. The molecule has 1 amide bonds. The summed E-state index contributed by atoms with van der Waals surface area (Å²) < 4.78 is 10.8. The smallest absolute Gasteiger partial charge is 0.222 e. The molecule has 22 heavy (non-hydrogen) atoms. The number of amides is 1. The number of Topliss-reactive ketones (excluding diaryl/α,β-unsaturated/α-hetero) is 1. The molecule has 1 aromatic rings. The summed E-state index contributed by atoms with van der Waals surface area (Å²) in [5.74, 6) is 0.949. The first kappa shape index (κ1) is 15.8. The van der Waals surface area contributed by atoms with Crippen molar-refractivity contribution in [3.63, 3.8) is 0 Å². The van der Waals surface area contributed by atoms with Crippen molar-refractivity contribution < 1.29 is 19.1 Å². The predicted octanol–water partition coefficient (Wildman–Crippen LogP) is 1.79. The third-order valence-electron chi connectivity index (χ3n) is 3.41. The lowest BCUT2D eigenvalue weighted by molar-refractivity contribution is -0.129. The van der Waals surface area contributed by atoms with E-state index in [0.29, 0.717) is 43.2 Å². The van der Waals surface area contributed by atoms with Gasteiger partial charge in [-0.3, -0.25) is 9.59 Å². The van der Waals surface area contributed by atoms with Gasteiger partial charge in [-0.25, -0.2) is 0 Å². The first-order valence-electron chi connectivity index (χ1n) is 7.15. The van der Waals surface area contributed by atoms with Gasteiger partial charge in [0, 0.05) is 32.0 Å². The topological polar surface area (TPSA) is 79.6 Å². The predicted molar refractivity (Wildman–Crippen MR) is 78.9 cm³/mol. The van der Waals surface area contributed by atoms with E-state index in [-0.39, 0.29) is 24.5 Å². The molecule has 0 saturated carbocycles. The first-order valence-corrected chi connectivity index (χ1v) is 7.15. The SMILES string of the molecule is CN(CCC#N)C(=O)CCC(=O)c1ccc2c(c1)OCCO2. The van der Waals surface area contributed by atoms with Crippen molar-refractivity contribution in [2.75, 3.05) is 26.8 Å². The highest BCUT2D eigenvalue weighted by Crippen LogP contribution is 2.31. The normalized spacial score (nSPS) is 12.4. The minimum atomic E-state index is -0.138. The summed E-state index contributed by atoms with van der Waals surface area (Å²) in [6, 6.07) is 7.03. The average molecular weight is 302 g/mol. The van der Waals surface area contributed by atoms with Gasteiger partial charge in [-0.2, -0.15) is 5.26 Å². The Labute approximate surface area is 129 Å². The highest BCUT2D eigenvalue weighted by molar-refractivity contribution is 5.98. The van der Waals surface area contributed by atoms with Gasteiger partial charge < -0.3 is 14.4 Å². The van der Waals surface area contributed by atoms with Gasteiger partial charge in [0.1, 0.15) is 13.2 Å². The molecule has 2 rings (SSSR count). The van der Waals surface area contributed by atoms with Gasteiger partial charge in [0.2, 0.25) is 5.91 Å². The molecule has 0 spiro atoms. The zero-order valence-electron chi connectivity index (χ0n) is 12.5. The van der Waals surface area contributed by atoms with E-state index in [2.05, 4.69) is 0 Å². The van der Waals surface area contributed by atoms with Crippen LogP contribution >= 0.6 is 0 Å². The van der Waals surface area contributed by atoms with E-state index in [0.717, 1.165) is 0 Å². The molecule has 0 atom stereocenters. The summed E-state index contributed by atoms with van der Waals surface area (Å²) in [6.07, 6.45) is 0.558. The number of carbonyl (C=O) groups excluding carboxylic acids is 2. The van der Waals surface area contributed by atoms with E-state index in [4.69, 9.17) is 14.7 Å². The number of ether oxygens (including phenoxy) is 2. The fourth-order valence-electron chi connectivity index (χ4n) is 2.11. The molecule has 0 saturated heterocycles. The Morgan fingerprint density at radius 3 is 2.68 bits per heavy atom. The van der Waals surface area contributed by atoms with Crippen LogP contribution in [0.5, 0.6) is 11.5 Å². The van der Waals surface area contributed by atoms with Crippen LogP contribution in [0.4, 0.5) is 0 Å². The third-order valence-corrected chi connectivity index (χ3v) is 3.41. The molecule has 0 unspecified atom stereocenters. The monoisotopic (exact) mass is 302 g/mol. The van der Waals surface area contributed by atoms with E-state index in [1.165, 1.54) is 4.90 Å². The Bertz CT molecular complexity index is 607. The Kier molecular flexibility index (Phi) is 5.37. The van der Waals surface area contributed by atoms with Gasteiger partial charge in [-0.15, -0.1) is 0 Å². The zero-order chi connectivity index (χ0) is 15.9. The highest BCUT2D eigenvalue weighted by atomic mass is 16.6. The lowest BCUT2D eigenvalue weighted by atomic mass is 10.1. The summed E-state index contributed by atoms with van der Waals surface area (Å²) in [4.78, 5) is 25.5. The second kappa shape index (κ2) is 7.46. The molecule has 0 radical (unpaired) electrons. The van der Waals surface area contributed by atoms with E-state index < -0.39 is 0 Å². The third kappa shape index (κ3) is 3.98. The molecule has 1 aliphatic heterocycles. The summed E-state index contributed by atoms with van der Waals surface area (Å²) in [7, 11) is 1.63. The lowest BCUT2D eigenvalue weighted by Crippen LogP contribution is -2.27. The molecule has 0 aromatic heterocycles. The molecule has 6 heteroatoms. The van der Waals surface area contributed by atoms with E-state index in [1.54, 1.807) is 25.2 Å². The number of hydrogen-bond acceptors (Lipinski definition) is 5. The highest BCUT2D eigenvalue weighted by Gasteiger charge is 2.16. The summed E-state index contributed by atoms with van der Waals surface area (Å²) >= 11 is 0. The summed E-state index contributed by atoms with van der Waals surface area (Å²) in [6.45, 7) is 1.35. The number of nitrogens with zero attached hydrogens (tertiary/aromatic N) is 2. The number of rotatable bonds is 6. The van der Waals surface area contributed by atoms with E-state index in [9.17, 15) is 9.59 Å². The van der Waals surface area contributed by atoms with Crippen molar-refractivity contribution >= 4 is 11.7 Å². The van der Waals surface area contributed by atoms with Crippen LogP contribution < -0.4 is 9.47 Å². The second-order valence-electron chi connectivity index (χ2n) is 5.01. The van der Waals surface area contributed by atoms with Crippen molar-refractivity contribution in [2.45, 2.75) is 19.3 Å². The van der Waals surface area contributed by atoms with E-state index >= 15 is 0 Å². The second-order valence-corrected chi connectivity index (χ2v) is 5.01. The van der Waals surface area contributed by atoms with Gasteiger partial charge >= 0.3 is 0 Å². The molecule has 0 aliphatic carbocycles. The van der Waals surface area contributed by atoms with Crippen LogP contribution in [-0.4, -0.2) is 43.4 Å². The number of nitriles is 1. The first-order chi connectivity index (χ1) is 10.6. The molecular formula is C16H18N2O4. The molecule has 1 aromatic carbocycles. The van der Waals surface area contributed by atoms with Crippen molar-refractivity contribution in [3.05, 3.63) is 23.8 Å². The van der Waals surface area contributed by atoms with Gasteiger partial charge in [0.05, 0.1) is 12.5 Å². The Morgan fingerprint density at radius 2 is 1.95 bits per heavy atom. The Balaban J connectivity index is 1.90. The average Bonchev–Trinajstić information content (AvgIpc) is 2.56. The number of fused-ring (bicyclic) bond motifs is 1. The van der Waals surface area contributed by atoms with Gasteiger partial charge in [0.25, 0.3) is 0 Å². The fraction of sp³-hybridized carbons (Fsp3) is 0.438. The van der Waals surface area contributed by atoms with Crippen molar-refractivity contribution in [1.29, 1.82) is 5.26 Å². The van der Waals surface area contributed by atoms with Crippen LogP contribution in [0, 0.1) is 11.3 Å². The summed E-state index contributed by atoms with van der Waals surface area (Å²) in [5, 5.41) is 8.50. The molecular weight excluding hydrogens is 284 g/mol. The fourth-order valence-corrected chi connectivity index (χ4v) is 2.11.